The first-order valence-corrected chi connectivity index (χ1v) is 9.80. The number of benzene rings is 1. The average molecular weight is 377 g/mol. The van der Waals surface area contributed by atoms with Gasteiger partial charge in [-0.2, -0.15) is 0 Å². The van der Waals surface area contributed by atoms with E-state index < -0.39 is 15.6 Å². The lowest BCUT2D eigenvalue weighted by Gasteiger charge is -2.15. The predicted molar refractivity (Wildman–Crippen MR) is 101 cm³/mol. The van der Waals surface area contributed by atoms with Gasteiger partial charge in [0.05, 0.1) is 4.90 Å². The molecule has 0 saturated carbocycles. The number of carbonyl (C=O) groups is 1. The molecule has 8 heteroatoms. The van der Waals surface area contributed by atoms with Gasteiger partial charge < -0.3 is 9.88 Å². The average Bonchev–Trinajstić information content (AvgIpc) is 2.61. The Morgan fingerprint density at radius 2 is 1.81 bits per heavy atom. The van der Waals surface area contributed by atoms with Crippen LogP contribution in [0.5, 0.6) is 0 Å². The maximum atomic E-state index is 12.6. The van der Waals surface area contributed by atoms with Crippen molar-refractivity contribution in [3.8, 4) is 0 Å². The minimum absolute atomic E-state index is 0.00160. The van der Waals surface area contributed by atoms with Crippen LogP contribution in [0.25, 0.3) is 0 Å². The fourth-order valence-corrected chi connectivity index (χ4v) is 3.39. The highest BCUT2D eigenvalue weighted by atomic mass is 32.2. The van der Waals surface area contributed by atoms with Crippen molar-refractivity contribution in [1.82, 2.24) is 9.88 Å². The Hall–Kier alpha value is -2.61. The van der Waals surface area contributed by atoms with Gasteiger partial charge in [0.25, 0.3) is 15.6 Å². The lowest BCUT2D eigenvalue weighted by atomic mass is 10.2. The summed E-state index contributed by atoms with van der Waals surface area (Å²) in [4.78, 5) is 24.8. The number of hydrogen-bond donors (Lipinski definition) is 2. The van der Waals surface area contributed by atoms with Gasteiger partial charge >= 0.3 is 0 Å². The Kier molecular flexibility index (Phi) is 6.20. The molecule has 0 saturated heterocycles. The number of amides is 1. The summed E-state index contributed by atoms with van der Waals surface area (Å²) in [6.07, 6.45) is 0.774. The van der Waals surface area contributed by atoms with Crippen LogP contribution >= 0.6 is 0 Å². The highest BCUT2D eigenvalue weighted by Gasteiger charge is 2.18. The molecule has 0 aliphatic heterocycles. The van der Waals surface area contributed by atoms with E-state index in [4.69, 9.17) is 0 Å². The molecule has 26 heavy (non-hydrogen) atoms. The third-order valence-corrected chi connectivity index (χ3v) is 5.39. The first kappa shape index (κ1) is 19.7. The molecule has 0 aliphatic rings. The highest BCUT2D eigenvalue weighted by molar-refractivity contribution is 7.92. The standard InChI is InChI=1S/C18H23N3O4S/c1-4-13(2)19-17(22)12-21-14(3)10-11-16(18(21)23)20-26(24,25)15-8-6-5-7-9-15/h5-11,13,20H,4,12H2,1-3H3,(H,19,22). The number of nitrogens with one attached hydrogen (secondary N) is 2. The Bertz CT molecular complexity index is 937. The summed E-state index contributed by atoms with van der Waals surface area (Å²) in [5.41, 5.74) is -0.100. The van der Waals surface area contributed by atoms with Gasteiger partial charge in [0.15, 0.2) is 0 Å². The second kappa shape index (κ2) is 8.18. The summed E-state index contributed by atoms with van der Waals surface area (Å²) < 4.78 is 28.4. The monoisotopic (exact) mass is 377 g/mol. The van der Waals surface area contributed by atoms with Crippen molar-refractivity contribution in [3.05, 3.63) is 58.5 Å². The number of carbonyl (C=O) groups excluding carboxylic acids is 1. The largest absolute Gasteiger partial charge is 0.352 e. The number of anilines is 1. The third kappa shape index (κ3) is 4.72. The van der Waals surface area contributed by atoms with Crippen molar-refractivity contribution >= 4 is 21.6 Å². The highest BCUT2D eigenvalue weighted by Crippen LogP contribution is 2.13. The van der Waals surface area contributed by atoms with Crippen LogP contribution < -0.4 is 15.6 Å². The van der Waals surface area contributed by atoms with Gasteiger partial charge in [0.2, 0.25) is 5.91 Å². The van der Waals surface area contributed by atoms with E-state index in [1.165, 1.54) is 22.8 Å². The summed E-state index contributed by atoms with van der Waals surface area (Å²) in [5, 5.41) is 2.79. The number of rotatable bonds is 7. The maximum Gasteiger partial charge on any atom is 0.275 e. The number of hydrogen-bond acceptors (Lipinski definition) is 4. The molecule has 0 radical (unpaired) electrons. The Morgan fingerprint density at radius 1 is 1.15 bits per heavy atom. The number of nitrogens with zero attached hydrogens (tertiary/aromatic N) is 1. The van der Waals surface area contributed by atoms with Crippen molar-refractivity contribution in [3.63, 3.8) is 0 Å². The smallest absolute Gasteiger partial charge is 0.275 e. The van der Waals surface area contributed by atoms with Crippen LogP contribution in [-0.2, 0) is 21.4 Å². The molecular formula is C18H23N3O4S. The van der Waals surface area contributed by atoms with Crippen LogP contribution in [-0.4, -0.2) is 24.9 Å². The maximum absolute atomic E-state index is 12.6. The van der Waals surface area contributed by atoms with E-state index >= 15 is 0 Å². The van der Waals surface area contributed by atoms with E-state index in [0.29, 0.717) is 5.69 Å². The molecule has 2 rings (SSSR count). The topological polar surface area (TPSA) is 97.3 Å². The predicted octanol–water partition coefficient (Wildman–Crippen LogP) is 1.87. The van der Waals surface area contributed by atoms with Gasteiger partial charge in [-0.05, 0) is 44.5 Å². The van der Waals surface area contributed by atoms with Gasteiger partial charge in [-0.3, -0.25) is 14.3 Å². The summed E-state index contributed by atoms with van der Waals surface area (Å²) in [6.45, 7) is 5.34. The Morgan fingerprint density at radius 3 is 2.42 bits per heavy atom. The number of aryl methyl sites for hydroxylation is 1. The van der Waals surface area contributed by atoms with Gasteiger partial charge in [-0.25, -0.2) is 8.42 Å². The fourth-order valence-electron chi connectivity index (χ4n) is 2.31. The first-order valence-electron chi connectivity index (χ1n) is 8.32. The zero-order valence-corrected chi connectivity index (χ0v) is 15.8. The van der Waals surface area contributed by atoms with Crippen molar-refractivity contribution < 1.29 is 13.2 Å². The quantitative estimate of drug-likeness (QED) is 0.770. The van der Waals surface area contributed by atoms with Crippen molar-refractivity contribution in [2.75, 3.05) is 4.72 Å². The molecule has 2 aromatic rings. The molecule has 1 amide bonds. The third-order valence-electron chi connectivity index (χ3n) is 4.01. The zero-order chi connectivity index (χ0) is 19.3. The van der Waals surface area contributed by atoms with E-state index in [0.717, 1.165) is 6.42 Å². The molecule has 0 aliphatic carbocycles. The Labute approximate surface area is 153 Å². The molecule has 7 nitrogen and oxygen atoms in total. The van der Waals surface area contributed by atoms with E-state index in [1.54, 1.807) is 31.2 Å². The second-order valence-corrected chi connectivity index (χ2v) is 7.76. The number of aromatic nitrogens is 1. The Balaban J connectivity index is 2.29. The first-order chi connectivity index (χ1) is 12.2. The van der Waals surface area contributed by atoms with E-state index in [9.17, 15) is 18.0 Å². The number of pyridine rings is 1. The zero-order valence-electron chi connectivity index (χ0n) is 15.0. The lowest BCUT2D eigenvalue weighted by Crippen LogP contribution is -2.38. The summed E-state index contributed by atoms with van der Waals surface area (Å²) in [5.74, 6) is -0.299. The summed E-state index contributed by atoms with van der Waals surface area (Å²) in [7, 11) is -3.88. The molecule has 1 unspecified atom stereocenters. The van der Waals surface area contributed by atoms with E-state index in [2.05, 4.69) is 10.0 Å². The molecule has 1 atom stereocenters. The molecule has 1 aromatic heterocycles. The van der Waals surface area contributed by atoms with Crippen molar-refractivity contribution in [2.45, 2.75) is 44.7 Å². The van der Waals surface area contributed by atoms with Crippen LogP contribution in [0, 0.1) is 6.92 Å². The molecule has 140 valence electrons. The van der Waals surface area contributed by atoms with Crippen LogP contribution in [0.15, 0.2) is 52.2 Å². The van der Waals surface area contributed by atoms with Crippen LogP contribution in [0.4, 0.5) is 5.69 Å². The van der Waals surface area contributed by atoms with Crippen molar-refractivity contribution in [1.29, 1.82) is 0 Å². The van der Waals surface area contributed by atoms with Crippen LogP contribution in [0.3, 0.4) is 0 Å². The van der Waals surface area contributed by atoms with Gasteiger partial charge in [0.1, 0.15) is 12.2 Å². The molecule has 0 fully saturated rings. The molecule has 1 aromatic carbocycles. The normalized spacial score (nSPS) is 12.4. The number of sulfonamides is 1. The fraction of sp³-hybridized carbons (Fsp3) is 0.333. The second-order valence-electron chi connectivity index (χ2n) is 6.08. The lowest BCUT2D eigenvalue weighted by molar-refractivity contribution is -0.122. The molecular weight excluding hydrogens is 354 g/mol. The van der Waals surface area contributed by atoms with E-state index in [-0.39, 0.29) is 29.1 Å². The van der Waals surface area contributed by atoms with Crippen LogP contribution in [0.1, 0.15) is 26.0 Å². The van der Waals surface area contributed by atoms with Gasteiger partial charge in [-0.1, -0.05) is 25.1 Å². The van der Waals surface area contributed by atoms with Crippen molar-refractivity contribution in [2.24, 2.45) is 0 Å². The van der Waals surface area contributed by atoms with Gasteiger partial charge in [-0.15, -0.1) is 0 Å². The van der Waals surface area contributed by atoms with Crippen LogP contribution in [0.2, 0.25) is 0 Å². The molecule has 0 spiro atoms. The molecule has 1 heterocycles. The summed E-state index contributed by atoms with van der Waals surface area (Å²) >= 11 is 0. The SMILES string of the molecule is CCC(C)NC(=O)Cn1c(C)ccc(NS(=O)(=O)c2ccccc2)c1=O. The molecule has 0 bridgehead atoms. The van der Waals surface area contributed by atoms with E-state index in [1.807, 2.05) is 13.8 Å². The minimum Gasteiger partial charge on any atom is -0.352 e. The van der Waals surface area contributed by atoms with Gasteiger partial charge in [0, 0.05) is 11.7 Å². The molecule has 2 N–H and O–H groups in total. The minimum atomic E-state index is -3.88. The summed E-state index contributed by atoms with van der Waals surface area (Å²) in [6, 6.07) is 10.8.